The molecule has 1 aliphatic heterocycles. The average molecular weight is 254 g/mol. The molecule has 0 aromatic carbocycles. The second kappa shape index (κ2) is 4.71. The third kappa shape index (κ3) is 3.31. The lowest BCUT2D eigenvalue weighted by atomic mass is 9.89. The second-order valence-corrected chi connectivity index (χ2v) is 6.48. The van der Waals surface area contributed by atoms with Crippen LogP contribution < -0.4 is 5.32 Å². The van der Waals surface area contributed by atoms with Gasteiger partial charge in [0, 0.05) is 6.42 Å². The van der Waals surface area contributed by atoms with Crippen LogP contribution >= 0.6 is 0 Å². The minimum atomic E-state index is -0.955. The minimum absolute atomic E-state index is 0.0400. The summed E-state index contributed by atoms with van der Waals surface area (Å²) in [6, 6.07) is 0. The summed E-state index contributed by atoms with van der Waals surface area (Å²) in [4.78, 5) is 36.6. The Labute approximate surface area is 108 Å². The molecule has 0 atom stereocenters. The van der Waals surface area contributed by atoms with Gasteiger partial charge in [0.15, 0.2) is 0 Å². The highest BCUT2D eigenvalue weighted by molar-refractivity contribution is 6.06. The number of carbonyl (C=O) groups is 3. The Morgan fingerprint density at radius 1 is 1.33 bits per heavy atom. The Balaban J connectivity index is 2.76. The Morgan fingerprint density at radius 2 is 1.89 bits per heavy atom. The van der Waals surface area contributed by atoms with E-state index < -0.39 is 17.4 Å². The molecular formula is C13H22N2O3. The molecule has 1 rings (SSSR count). The van der Waals surface area contributed by atoms with E-state index in [0.29, 0.717) is 6.42 Å². The molecule has 1 saturated heterocycles. The molecule has 0 spiro atoms. The van der Waals surface area contributed by atoms with E-state index in [1.807, 2.05) is 0 Å². The van der Waals surface area contributed by atoms with Crippen molar-refractivity contribution in [3.63, 3.8) is 0 Å². The molecule has 18 heavy (non-hydrogen) atoms. The highest BCUT2D eigenvalue weighted by Crippen LogP contribution is 2.24. The fourth-order valence-corrected chi connectivity index (χ4v) is 1.80. The van der Waals surface area contributed by atoms with Crippen LogP contribution in [0.4, 0.5) is 0 Å². The van der Waals surface area contributed by atoms with Gasteiger partial charge in [0.25, 0.3) is 5.91 Å². The summed E-state index contributed by atoms with van der Waals surface area (Å²) >= 11 is 0. The standard InChI is InChI=1S/C13H22N2O3/c1-12(2,3)7-6-10(17)15-8-9(16)14-11(18)13(15,4)5/h6-8H2,1-5H3,(H,14,16,18). The highest BCUT2D eigenvalue weighted by Gasteiger charge is 2.43. The number of rotatable bonds is 2. The number of imide groups is 1. The monoisotopic (exact) mass is 254 g/mol. The lowest BCUT2D eigenvalue weighted by molar-refractivity contribution is -0.155. The van der Waals surface area contributed by atoms with Crippen molar-refractivity contribution in [3.05, 3.63) is 0 Å². The van der Waals surface area contributed by atoms with Crippen molar-refractivity contribution in [2.75, 3.05) is 6.54 Å². The smallest absolute Gasteiger partial charge is 0.252 e. The van der Waals surface area contributed by atoms with E-state index in [9.17, 15) is 14.4 Å². The molecule has 3 amide bonds. The highest BCUT2D eigenvalue weighted by atomic mass is 16.2. The van der Waals surface area contributed by atoms with Gasteiger partial charge in [-0.05, 0) is 25.7 Å². The summed E-state index contributed by atoms with van der Waals surface area (Å²) in [5.74, 6) is -0.968. The van der Waals surface area contributed by atoms with Gasteiger partial charge in [0.1, 0.15) is 12.1 Å². The van der Waals surface area contributed by atoms with Crippen molar-refractivity contribution in [2.45, 2.75) is 53.0 Å². The van der Waals surface area contributed by atoms with E-state index in [-0.39, 0.29) is 17.9 Å². The first kappa shape index (κ1) is 14.7. The van der Waals surface area contributed by atoms with Crippen LogP contribution in [0.25, 0.3) is 0 Å². The Bertz CT molecular complexity index is 380. The lowest BCUT2D eigenvalue weighted by Crippen LogP contribution is -2.65. The molecule has 5 nitrogen and oxygen atoms in total. The van der Waals surface area contributed by atoms with Gasteiger partial charge >= 0.3 is 0 Å². The largest absolute Gasteiger partial charge is 0.319 e. The van der Waals surface area contributed by atoms with E-state index in [1.54, 1.807) is 13.8 Å². The van der Waals surface area contributed by atoms with Crippen molar-refractivity contribution in [1.82, 2.24) is 10.2 Å². The first-order chi connectivity index (χ1) is 8.04. The molecule has 1 fully saturated rings. The molecule has 1 N–H and O–H groups in total. The van der Waals surface area contributed by atoms with Crippen molar-refractivity contribution in [3.8, 4) is 0 Å². The molecule has 1 aliphatic rings. The third-order valence-electron chi connectivity index (χ3n) is 3.18. The van der Waals surface area contributed by atoms with Crippen molar-refractivity contribution in [2.24, 2.45) is 5.41 Å². The van der Waals surface area contributed by atoms with E-state index in [4.69, 9.17) is 0 Å². The molecule has 0 bridgehead atoms. The number of hydrogen-bond donors (Lipinski definition) is 1. The predicted octanol–water partition coefficient (Wildman–Crippen LogP) is 1.08. The maximum absolute atomic E-state index is 12.1. The molecule has 5 heteroatoms. The van der Waals surface area contributed by atoms with Crippen LogP contribution in [0.5, 0.6) is 0 Å². The van der Waals surface area contributed by atoms with E-state index >= 15 is 0 Å². The van der Waals surface area contributed by atoms with Crippen LogP contribution in [0.2, 0.25) is 0 Å². The van der Waals surface area contributed by atoms with Crippen LogP contribution in [0.15, 0.2) is 0 Å². The number of hydrogen-bond acceptors (Lipinski definition) is 3. The molecule has 1 heterocycles. The third-order valence-corrected chi connectivity index (χ3v) is 3.18. The number of nitrogens with one attached hydrogen (secondary N) is 1. The van der Waals surface area contributed by atoms with Crippen LogP contribution in [-0.2, 0) is 14.4 Å². The summed E-state index contributed by atoms with van der Waals surface area (Å²) in [7, 11) is 0. The molecular weight excluding hydrogens is 232 g/mol. The molecule has 0 radical (unpaired) electrons. The minimum Gasteiger partial charge on any atom is -0.319 e. The summed E-state index contributed by atoms with van der Waals surface area (Å²) in [5.41, 5.74) is -0.898. The SMILES string of the molecule is CC(C)(C)CCC(=O)N1CC(=O)NC(=O)C1(C)C. The zero-order chi connectivity index (χ0) is 14.1. The topological polar surface area (TPSA) is 66.5 Å². The summed E-state index contributed by atoms with van der Waals surface area (Å²) in [5, 5.41) is 2.25. The number of carbonyl (C=O) groups excluding carboxylic acids is 3. The quantitative estimate of drug-likeness (QED) is 0.750. The van der Waals surface area contributed by atoms with E-state index in [1.165, 1.54) is 4.90 Å². The van der Waals surface area contributed by atoms with Crippen LogP contribution in [-0.4, -0.2) is 34.7 Å². The predicted molar refractivity (Wildman–Crippen MR) is 67.6 cm³/mol. The van der Waals surface area contributed by atoms with Crippen molar-refractivity contribution in [1.29, 1.82) is 0 Å². The van der Waals surface area contributed by atoms with Crippen molar-refractivity contribution < 1.29 is 14.4 Å². The Hall–Kier alpha value is -1.39. The van der Waals surface area contributed by atoms with Gasteiger partial charge < -0.3 is 4.90 Å². The summed E-state index contributed by atoms with van der Waals surface area (Å²) in [6.07, 6.45) is 1.09. The molecule has 102 valence electrons. The van der Waals surface area contributed by atoms with E-state index in [2.05, 4.69) is 26.1 Å². The van der Waals surface area contributed by atoms with Gasteiger partial charge in [0.05, 0.1) is 0 Å². The maximum atomic E-state index is 12.1. The molecule has 0 saturated carbocycles. The van der Waals surface area contributed by atoms with Crippen LogP contribution in [0.3, 0.4) is 0 Å². The number of amides is 3. The maximum Gasteiger partial charge on any atom is 0.252 e. The van der Waals surface area contributed by atoms with Gasteiger partial charge in [0.2, 0.25) is 11.8 Å². The van der Waals surface area contributed by atoms with Crippen LogP contribution in [0, 0.1) is 5.41 Å². The van der Waals surface area contributed by atoms with Gasteiger partial charge in [-0.15, -0.1) is 0 Å². The van der Waals surface area contributed by atoms with Crippen molar-refractivity contribution >= 4 is 17.7 Å². The lowest BCUT2D eigenvalue weighted by Gasteiger charge is -2.40. The fraction of sp³-hybridized carbons (Fsp3) is 0.769. The van der Waals surface area contributed by atoms with Crippen LogP contribution in [0.1, 0.15) is 47.5 Å². The molecule has 0 aromatic rings. The average Bonchev–Trinajstić information content (AvgIpc) is 2.19. The van der Waals surface area contributed by atoms with Gasteiger partial charge in [-0.25, -0.2) is 0 Å². The number of nitrogens with zero attached hydrogens (tertiary/aromatic N) is 1. The van der Waals surface area contributed by atoms with Gasteiger partial charge in [-0.3, -0.25) is 19.7 Å². The van der Waals surface area contributed by atoms with E-state index in [0.717, 1.165) is 6.42 Å². The molecule has 0 unspecified atom stereocenters. The zero-order valence-electron chi connectivity index (χ0n) is 11.8. The first-order valence-corrected chi connectivity index (χ1v) is 6.19. The fourth-order valence-electron chi connectivity index (χ4n) is 1.80. The summed E-state index contributed by atoms with van der Waals surface area (Å²) in [6.45, 7) is 9.44. The number of piperazine rings is 1. The summed E-state index contributed by atoms with van der Waals surface area (Å²) < 4.78 is 0. The zero-order valence-corrected chi connectivity index (χ0v) is 11.8. The van der Waals surface area contributed by atoms with Gasteiger partial charge in [-0.1, -0.05) is 20.8 Å². The molecule has 0 aliphatic carbocycles. The normalized spacial score (nSPS) is 19.7. The Morgan fingerprint density at radius 3 is 2.39 bits per heavy atom. The Kier molecular flexibility index (Phi) is 3.84. The first-order valence-electron chi connectivity index (χ1n) is 6.19. The second-order valence-electron chi connectivity index (χ2n) is 6.48. The van der Waals surface area contributed by atoms with Gasteiger partial charge in [-0.2, -0.15) is 0 Å². The molecule has 0 aromatic heterocycles.